The molecule has 4 nitrogen and oxygen atoms in total. The molecule has 0 radical (unpaired) electrons. The first-order valence-corrected chi connectivity index (χ1v) is 6.87. The van der Waals surface area contributed by atoms with Gasteiger partial charge in [-0.2, -0.15) is 4.98 Å². The number of hydrogen-bond acceptors (Lipinski definition) is 4. The molecule has 1 aliphatic carbocycles. The maximum Gasteiger partial charge on any atom is 0.240 e. The summed E-state index contributed by atoms with van der Waals surface area (Å²) in [4.78, 5) is 4.47. The van der Waals surface area contributed by atoms with Crippen LogP contribution in [0.4, 0.5) is 0 Å². The second-order valence-electron chi connectivity index (χ2n) is 4.90. The Morgan fingerprint density at radius 2 is 1.94 bits per heavy atom. The van der Waals surface area contributed by atoms with E-state index in [1.54, 1.807) is 0 Å². The molecule has 2 rings (SSSR count). The molecule has 1 aromatic heterocycles. The van der Waals surface area contributed by atoms with Crippen molar-refractivity contribution in [2.75, 3.05) is 6.54 Å². The minimum atomic E-state index is 0.482. The van der Waals surface area contributed by atoms with Gasteiger partial charge in [0.05, 0.1) is 13.1 Å². The van der Waals surface area contributed by atoms with Gasteiger partial charge in [-0.05, 0) is 12.8 Å². The van der Waals surface area contributed by atoms with Crippen molar-refractivity contribution in [3.63, 3.8) is 0 Å². The molecule has 1 aliphatic rings. The number of rotatable bonds is 4. The zero-order valence-corrected chi connectivity index (χ0v) is 10.8. The van der Waals surface area contributed by atoms with E-state index in [0.29, 0.717) is 24.9 Å². The van der Waals surface area contributed by atoms with E-state index in [4.69, 9.17) is 10.9 Å². The van der Waals surface area contributed by atoms with E-state index in [0.717, 1.165) is 5.82 Å². The third-order valence-corrected chi connectivity index (χ3v) is 3.46. The second kappa shape index (κ2) is 7.17. The Labute approximate surface area is 109 Å². The van der Waals surface area contributed by atoms with Gasteiger partial charge >= 0.3 is 0 Å². The molecule has 0 spiro atoms. The number of terminal acetylenes is 1. The average molecular weight is 247 g/mol. The Bertz CT molecular complexity index is 386. The first-order valence-electron chi connectivity index (χ1n) is 6.87. The molecule has 1 aromatic rings. The van der Waals surface area contributed by atoms with Gasteiger partial charge in [0.25, 0.3) is 0 Å². The maximum atomic E-state index is 5.24. The molecule has 0 saturated heterocycles. The highest BCUT2D eigenvalue weighted by Gasteiger charge is 2.19. The predicted molar refractivity (Wildman–Crippen MR) is 69.9 cm³/mol. The average Bonchev–Trinajstić information content (AvgIpc) is 2.78. The van der Waals surface area contributed by atoms with Crippen molar-refractivity contribution in [2.45, 2.75) is 57.4 Å². The third-order valence-electron chi connectivity index (χ3n) is 3.46. The molecule has 0 aliphatic heterocycles. The fraction of sp³-hybridized carbons (Fsp3) is 0.714. The van der Waals surface area contributed by atoms with Gasteiger partial charge < -0.3 is 4.52 Å². The number of hydrogen-bond donors (Lipinski definition) is 1. The molecule has 1 N–H and O–H groups in total. The zero-order chi connectivity index (χ0) is 12.6. The van der Waals surface area contributed by atoms with E-state index in [1.165, 1.54) is 44.9 Å². The largest absolute Gasteiger partial charge is 0.338 e. The van der Waals surface area contributed by atoms with Gasteiger partial charge in [0.1, 0.15) is 0 Å². The number of nitrogens with one attached hydrogen (secondary N) is 1. The smallest absolute Gasteiger partial charge is 0.240 e. The molecular weight excluding hydrogens is 226 g/mol. The minimum Gasteiger partial charge on any atom is -0.338 e. The summed E-state index contributed by atoms with van der Waals surface area (Å²) in [5.74, 6) is 4.53. The summed E-state index contributed by atoms with van der Waals surface area (Å²) in [7, 11) is 0. The van der Waals surface area contributed by atoms with Crippen molar-refractivity contribution < 1.29 is 4.52 Å². The SMILES string of the molecule is C#CCNCc1nc(C2CCCCCCC2)no1. The van der Waals surface area contributed by atoms with E-state index >= 15 is 0 Å². The maximum absolute atomic E-state index is 5.24. The monoisotopic (exact) mass is 247 g/mol. The van der Waals surface area contributed by atoms with Crippen molar-refractivity contribution in [3.05, 3.63) is 11.7 Å². The lowest BCUT2D eigenvalue weighted by molar-refractivity contribution is 0.355. The van der Waals surface area contributed by atoms with Crippen molar-refractivity contribution in [1.82, 2.24) is 15.5 Å². The molecule has 0 bridgehead atoms. The van der Waals surface area contributed by atoms with Crippen LogP contribution in [0.3, 0.4) is 0 Å². The summed E-state index contributed by atoms with van der Waals surface area (Å²) in [6.07, 6.45) is 14.2. The molecular formula is C14H21N3O. The lowest BCUT2D eigenvalue weighted by Crippen LogP contribution is -2.13. The summed E-state index contributed by atoms with van der Waals surface area (Å²) in [6.45, 7) is 1.09. The molecule has 0 unspecified atom stereocenters. The highest BCUT2D eigenvalue weighted by molar-refractivity contribution is 4.96. The van der Waals surface area contributed by atoms with E-state index in [9.17, 15) is 0 Å². The van der Waals surface area contributed by atoms with Crippen LogP contribution in [0.15, 0.2) is 4.52 Å². The Kier molecular flexibility index (Phi) is 5.22. The van der Waals surface area contributed by atoms with Crippen LogP contribution < -0.4 is 5.32 Å². The van der Waals surface area contributed by atoms with Crippen LogP contribution in [0, 0.1) is 12.3 Å². The van der Waals surface area contributed by atoms with Crippen LogP contribution >= 0.6 is 0 Å². The van der Waals surface area contributed by atoms with Crippen molar-refractivity contribution in [2.24, 2.45) is 0 Å². The molecule has 1 heterocycles. The highest BCUT2D eigenvalue weighted by atomic mass is 16.5. The molecule has 1 saturated carbocycles. The summed E-state index contributed by atoms with van der Waals surface area (Å²) in [5, 5.41) is 7.17. The molecule has 18 heavy (non-hydrogen) atoms. The summed E-state index contributed by atoms with van der Waals surface area (Å²) >= 11 is 0. The van der Waals surface area contributed by atoms with Crippen LogP contribution in [-0.2, 0) is 6.54 Å². The first kappa shape index (κ1) is 13.1. The number of nitrogens with zero attached hydrogens (tertiary/aromatic N) is 2. The van der Waals surface area contributed by atoms with Gasteiger partial charge in [-0.25, -0.2) is 0 Å². The van der Waals surface area contributed by atoms with E-state index in [-0.39, 0.29) is 0 Å². The lowest BCUT2D eigenvalue weighted by Gasteiger charge is -2.15. The fourth-order valence-corrected chi connectivity index (χ4v) is 2.46. The minimum absolute atomic E-state index is 0.482. The Morgan fingerprint density at radius 3 is 2.67 bits per heavy atom. The second-order valence-corrected chi connectivity index (χ2v) is 4.90. The van der Waals surface area contributed by atoms with Crippen LogP contribution in [0.25, 0.3) is 0 Å². The Morgan fingerprint density at radius 1 is 1.22 bits per heavy atom. The Balaban J connectivity index is 1.89. The number of aromatic nitrogens is 2. The first-order chi connectivity index (χ1) is 8.90. The van der Waals surface area contributed by atoms with Crippen LogP contribution in [0.2, 0.25) is 0 Å². The summed E-state index contributed by atoms with van der Waals surface area (Å²) in [5.41, 5.74) is 0. The van der Waals surface area contributed by atoms with Gasteiger partial charge in [-0.15, -0.1) is 6.42 Å². The zero-order valence-electron chi connectivity index (χ0n) is 10.8. The molecule has 98 valence electrons. The third kappa shape index (κ3) is 3.85. The molecule has 4 heteroatoms. The van der Waals surface area contributed by atoms with Gasteiger partial charge in [0.2, 0.25) is 5.89 Å². The van der Waals surface area contributed by atoms with Crippen LogP contribution in [-0.4, -0.2) is 16.7 Å². The standard InChI is InChI=1S/C14H21N3O/c1-2-10-15-11-13-16-14(17-18-13)12-8-6-4-3-5-7-9-12/h1,12,15H,3-11H2. The van der Waals surface area contributed by atoms with Crippen LogP contribution in [0.5, 0.6) is 0 Å². The lowest BCUT2D eigenvalue weighted by atomic mass is 9.91. The van der Waals surface area contributed by atoms with Gasteiger partial charge in [0.15, 0.2) is 5.82 Å². The molecule has 1 fully saturated rings. The molecule has 0 atom stereocenters. The topological polar surface area (TPSA) is 51.0 Å². The van der Waals surface area contributed by atoms with Crippen molar-refractivity contribution in [1.29, 1.82) is 0 Å². The van der Waals surface area contributed by atoms with Gasteiger partial charge in [0, 0.05) is 5.92 Å². The van der Waals surface area contributed by atoms with E-state index < -0.39 is 0 Å². The van der Waals surface area contributed by atoms with E-state index in [1.807, 2.05) is 0 Å². The fourth-order valence-electron chi connectivity index (χ4n) is 2.46. The summed E-state index contributed by atoms with van der Waals surface area (Å²) in [6, 6.07) is 0. The Hall–Kier alpha value is -1.34. The van der Waals surface area contributed by atoms with Gasteiger partial charge in [-0.1, -0.05) is 43.2 Å². The van der Waals surface area contributed by atoms with E-state index in [2.05, 4.69) is 21.4 Å². The molecule has 0 amide bonds. The normalized spacial score (nSPS) is 17.9. The highest BCUT2D eigenvalue weighted by Crippen LogP contribution is 2.28. The van der Waals surface area contributed by atoms with Crippen LogP contribution in [0.1, 0.15) is 62.6 Å². The molecule has 0 aromatic carbocycles. The van der Waals surface area contributed by atoms with Crippen molar-refractivity contribution in [3.8, 4) is 12.3 Å². The summed E-state index contributed by atoms with van der Waals surface area (Å²) < 4.78 is 5.24. The predicted octanol–water partition coefficient (Wildman–Crippen LogP) is 2.62. The van der Waals surface area contributed by atoms with Gasteiger partial charge in [-0.3, -0.25) is 5.32 Å². The van der Waals surface area contributed by atoms with Crippen molar-refractivity contribution >= 4 is 0 Å². The quantitative estimate of drug-likeness (QED) is 0.656.